The Bertz CT molecular complexity index is 1830. The largest absolute Gasteiger partial charge is 0.289 e. The summed E-state index contributed by atoms with van der Waals surface area (Å²) in [5.41, 5.74) is 7.17. The van der Waals surface area contributed by atoms with Gasteiger partial charge in [0.25, 0.3) is 0 Å². The van der Waals surface area contributed by atoms with Crippen molar-refractivity contribution in [3.63, 3.8) is 0 Å². The Morgan fingerprint density at radius 3 is 1.24 bits per heavy atom. The highest BCUT2D eigenvalue weighted by Crippen LogP contribution is 2.40. The number of hydrogen-bond donors (Lipinski definition) is 0. The Kier molecular flexibility index (Phi) is 10.8. The second-order valence-electron chi connectivity index (χ2n) is 16.8. The summed E-state index contributed by atoms with van der Waals surface area (Å²) in [5, 5.41) is 17.6. The smallest absolute Gasteiger partial charge is 0.186 e. The molecule has 0 saturated carbocycles. The quantitative estimate of drug-likeness (QED) is 0.288. The van der Waals surface area contributed by atoms with Crippen molar-refractivity contribution >= 4 is 38.9 Å². The monoisotopic (exact) mass is 720 g/mol. The summed E-state index contributed by atoms with van der Waals surface area (Å²) in [4.78, 5) is 26.4. The first-order valence-corrected chi connectivity index (χ1v) is 17.4. The number of hydrogen-bond acceptors (Lipinski definition) is 6. The maximum absolute atomic E-state index is 13.2. The van der Waals surface area contributed by atoms with Gasteiger partial charge in [0.2, 0.25) is 0 Å². The summed E-state index contributed by atoms with van der Waals surface area (Å²) in [6.07, 6.45) is 11.1. The number of halogens is 1. The average Bonchev–Trinajstić information content (AvgIpc) is 2.97. The van der Waals surface area contributed by atoms with Crippen molar-refractivity contribution in [2.24, 2.45) is 42.1 Å². The van der Waals surface area contributed by atoms with Crippen LogP contribution in [0.1, 0.15) is 83.1 Å². The fraction of sp³-hybridized carbons (Fsp3) is 0.381. The number of azo groups is 2. The van der Waals surface area contributed by atoms with Crippen molar-refractivity contribution in [2.75, 3.05) is 0 Å². The molecule has 0 atom stereocenters. The minimum atomic E-state index is -0.282. The van der Waals surface area contributed by atoms with Gasteiger partial charge in [-0.2, -0.15) is 15.3 Å². The molecule has 0 N–H and O–H groups in total. The predicted molar refractivity (Wildman–Crippen MR) is 205 cm³/mol. The molecule has 49 heavy (non-hydrogen) atoms. The van der Waals surface area contributed by atoms with E-state index in [1.807, 2.05) is 66.8 Å². The zero-order valence-electron chi connectivity index (χ0n) is 31.0. The lowest BCUT2D eigenvalue weighted by Crippen LogP contribution is -2.27. The highest BCUT2D eigenvalue weighted by atomic mass is 79.9. The van der Waals surface area contributed by atoms with Crippen LogP contribution in [0.3, 0.4) is 0 Å². The molecule has 2 aliphatic rings. The van der Waals surface area contributed by atoms with Crippen LogP contribution >= 0.6 is 15.9 Å². The third-order valence-corrected chi connectivity index (χ3v) is 8.99. The summed E-state index contributed by atoms with van der Waals surface area (Å²) >= 11 is 3.66. The predicted octanol–water partition coefficient (Wildman–Crippen LogP) is 13.1. The van der Waals surface area contributed by atoms with E-state index in [-0.39, 0.29) is 33.2 Å². The Labute approximate surface area is 300 Å². The van der Waals surface area contributed by atoms with E-state index >= 15 is 0 Å². The van der Waals surface area contributed by atoms with Crippen LogP contribution < -0.4 is 0 Å². The number of carbonyl (C=O) groups is 2. The second kappa shape index (κ2) is 14.0. The lowest BCUT2D eigenvalue weighted by atomic mass is 9.72. The number of nitrogens with zero attached hydrogens (tertiary/aromatic N) is 4. The first-order chi connectivity index (χ1) is 22.6. The molecule has 2 aromatic carbocycles. The van der Waals surface area contributed by atoms with Crippen LogP contribution in [0.25, 0.3) is 11.1 Å². The fourth-order valence-corrected chi connectivity index (χ4v) is 5.95. The first-order valence-electron chi connectivity index (χ1n) is 16.7. The summed E-state index contributed by atoms with van der Waals surface area (Å²) in [6, 6.07) is 13.8. The number of benzene rings is 2. The Balaban J connectivity index is 1.51. The lowest BCUT2D eigenvalue weighted by molar-refractivity contribution is -0.114. The molecule has 2 aromatic rings. The van der Waals surface area contributed by atoms with Crippen LogP contribution in [-0.4, -0.2) is 11.6 Å². The van der Waals surface area contributed by atoms with E-state index in [1.54, 1.807) is 12.4 Å². The van der Waals surface area contributed by atoms with Gasteiger partial charge in [-0.25, -0.2) is 0 Å². The second-order valence-corrected chi connectivity index (χ2v) is 17.6. The molecule has 7 heteroatoms. The van der Waals surface area contributed by atoms with E-state index in [2.05, 4.69) is 119 Å². The first kappa shape index (κ1) is 37.7. The molecular formula is C42H49BrN4O2. The molecule has 0 amide bonds. The van der Waals surface area contributed by atoms with Gasteiger partial charge in [-0.1, -0.05) is 101 Å². The van der Waals surface area contributed by atoms with E-state index in [4.69, 9.17) is 0 Å². The van der Waals surface area contributed by atoms with Gasteiger partial charge in [-0.05, 0) is 108 Å². The van der Waals surface area contributed by atoms with Crippen molar-refractivity contribution in [1.82, 2.24) is 0 Å². The van der Waals surface area contributed by atoms with Gasteiger partial charge in [0, 0.05) is 26.8 Å². The van der Waals surface area contributed by atoms with E-state index in [9.17, 15) is 9.59 Å². The van der Waals surface area contributed by atoms with Crippen LogP contribution in [0.4, 0.5) is 11.4 Å². The van der Waals surface area contributed by atoms with Crippen LogP contribution in [0, 0.1) is 21.7 Å². The molecule has 6 nitrogen and oxygen atoms in total. The normalized spacial score (nSPS) is 16.6. The SMILES string of the molecule is CC(C)(C)C1=CC(=CN=Nc2ccc(-c3ccc(N=NC=C4C=C(C(C)(C)C)C(=O)C(C(C)(C)C)=C4)c(Br)c3)cc2)C=C(C(C)(C)C)C1=O. The van der Waals surface area contributed by atoms with Crippen molar-refractivity contribution in [2.45, 2.75) is 83.1 Å². The molecule has 0 aromatic heterocycles. The summed E-state index contributed by atoms with van der Waals surface area (Å²) in [6.45, 7) is 24.7. The fourth-order valence-electron chi connectivity index (χ4n) is 5.49. The Hall–Kier alpha value is -4.10. The summed E-state index contributed by atoms with van der Waals surface area (Å²) < 4.78 is 0.814. The lowest BCUT2D eigenvalue weighted by Gasteiger charge is -2.31. The molecular weight excluding hydrogens is 672 g/mol. The van der Waals surface area contributed by atoms with Crippen molar-refractivity contribution < 1.29 is 9.59 Å². The minimum Gasteiger partial charge on any atom is -0.289 e. The summed E-state index contributed by atoms with van der Waals surface area (Å²) in [5.74, 6) is 0.195. The van der Waals surface area contributed by atoms with Crippen LogP contribution in [0.2, 0.25) is 0 Å². The molecule has 0 unspecified atom stereocenters. The van der Waals surface area contributed by atoms with Gasteiger partial charge in [0.15, 0.2) is 11.6 Å². The van der Waals surface area contributed by atoms with E-state index < -0.39 is 0 Å². The van der Waals surface area contributed by atoms with E-state index in [1.165, 1.54) is 0 Å². The molecule has 0 heterocycles. The van der Waals surface area contributed by atoms with Gasteiger partial charge >= 0.3 is 0 Å². The molecule has 0 fully saturated rings. The third-order valence-electron chi connectivity index (χ3n) is 8.36. The standard InChI is InChI=1S/C42H49BrN4O2/c1-39(2,3)31-19-26(20-32(37(31)48)40(4,5)6)24-44-46-30-16-13-28(14-17-30)29-15-18-36(35(43)23-29)47-45-25-27-21-33(41(7,8)9)38(49)34(22-27)42(10,11)12/h13-25H,1-12H3. The number of allylic oxidation sites excluding steroid dienone is 10. The molecule has 256 valence electrons. The number of carbonyl (C=O) groups excluding carboxylic acids is 2. The molecule has 2 aliphatic carbocycles. The Morgan fingerprint density at radius 2 is 0.878 bits per heavy atom. The summed E-state index contributed by atoms with van der Waals surface area (Å²) in [7, 11) is 0. The third kappa shape index (κ3) is 9.33. The van der Waals surface area contributed by atoms with E-state index in [0.29, 0.717) is 5.69 Å². The van der Waals surface area contributed by atoms with Gasteiger partial charge in [-0.3, -0.25) is 9.59 Å². The van der Waals surface area contributed by atoms with Gasteiger partial charge in [0.1, 0.15) is 0 Å². The minimum absolute atomic E-state index is 0.0957. The Morgan fingerprint density at radius 1 is 0.510 bits per heavy atom. The molecule has 0 aliphatic heterocycles. The van der Waals surface area contributed by atoms with Crippen molar-refractivity contribution in [3.05, 3.63) is 117 Å². The average molecular weight is 722 g/mol. The van der Waals surface area contributed by atoms with Gasteiger partial charge in [0.05, 0.1) is 23.8 Å². The van der Waals surface area contributed by atoms with Crippen LogP contribution in [-0.2, 0) is 9.59 Å². The zero-order chi connectivity index (χ0) is 36.5. The maximum atomic E-state index is 13.2. The molecule has 4 rings (SSSR count). The van der Waals surface area contributed by atoms with Crippen LogP contribution in [0.5, 0.6) is 0 Å². The number of ketones is 2. The van der Waals surface area contributed by atoms with Crippen LogP contribution in [0.15, 0.2) is 138 Å². The number of Topliss-reactive ketones (excluding diaryl/α,β-unsaturated/α-hetero) is 2. The highest BCUT2D eigenvalue weighted by molar-refractivity contribution is 9.10. The van der Waals surface area contributed by atoms with E-state index in [0.717, 1.165) is 54.7 Å². The van der Waals surface area contributed by atoms with Crippen molar-refractivity contribution in [3.8, 4) is 11.1 Å². The van der Waals surface area contributed by atoms with Gasteiger partial charge in [-0.15, -0.1) is 5.11 Å². The molecule has 0 bridgehead atoms. The highest BCUT2D eigenvalue weighted by Gasteiger charge is 2.35. The topological polar surface area (TPSA) is 83.6 Å². The van der Waals surface area contributed by atoms with Gasteiger partial charge < -0.3 is 0 Å². The molecule has 0 radical (unpaired) electrons. The van der Waals surface area contributed by atoms with Crippen molar-refractivity contribution in [1.29, 1.82) is 0 Å². The zero-order valence-corrected chi connectivity index (χ0v) is 32.6. The maximum Gasteiger partial charge on any atom is 0.186 e. The number of rotatable bonds is 5. The molecule has 0 saturated heterocycles. The molecule has 0 spiro atoms.